The van der Waals surface area contributed by atoms with E-state index in [4.69, 9.17) is 18.0 Å². The van der Waals surface area contributed by atoms with E-state index in [9.17, 15) is 8.42 Å². The zero-order valence-corrected chi connectivity index (χ0v) is 13.8. The minimum absolute atomic E-state index is 0.0985. The molecule has 1 aliphatic carbocycles. The van der Waals surface area contributed by atoms with Gasteiger partial charge in [-0.3, -0.25) is 4.90 Å². The van der Waals surface area contributed by atoms with Gasteiger partial charge in [0.15, 0.2) is 0 Å². The summed E-state index contributed by atoms with van der Waals surface area (Å²) in [6.45, 7) is 4.64. The van der Waals surface area contributed by atoms with Gasteiger partial charge in [-0.2, -0.15) is 4.31 Å². The van der Waals surface area contributed by atoms with Gasteiger partial charge in [0.2, 0.25) is 10.0 Å². The van der Waals surface area contributed by atoms with Gasteiger partial charge in [-0.15, -0.1) is 0 Å². The highest BCUT2D eigenvalue weighted by Crippen LogP contribution is 2.27. The van der Waals surface area contributed by atoms with Crippen molar-refractivity contribution in [3.8, 4) is 0 Å². The first kappa shape index (κ1) is 16.1. The number of hydrogen-bond donors (Lipinski definition) is 1. The van der Waals surface area contributed by atoms with Gasteiger partial charge in [0.05, 0.1) is 16.3 Å². The number of nitrogens with two attached hydrogens (primary N) is 1. The fraction of sp³-hybridized carbons (Fsp3) is 0.923. The van der Waals surface area contributed by atoms with E-state index < -0.39 is 10.0 Å². The van der Waals surface area contributed by atoms with Crippen LogP contribution in [0.2, 0.25) is 0 Å². The van der Waals surface area contributed by atoms with Gasteiger partial charge in [-0.1, -0.05) is 32.0 Å². The molecule has 0 aromatic rings. The summed E-state index contributed by atoms with van der Waals surface area (Å²) in [5.41, 5.74) is 5.76. The Hall–Kier alpha value is -0.240. The minimum Gasteiger partial charge on any atom is -0.392 e. The smallest absolute Gasteiger partial charge is 0.217 e. The molecule has 1 heterocycles. The summed E-state index contributed by atoms with van der Waals surface area (Å²) in [6, 6.07) is 0.0985. The molecule has 5 nitrogen and oxygen atoms in total. The standard InChI is InChI=1S/C13H25N3O2S2/c1-2-12(13(14)19)15-7-9-16(10-8-15)20(17,18)11-5-3-4-6-11/h11-12H,2-10H2,1H3,(H2,14,19). The Labute approximate surface area is 127 Å². The SMILES string of the molecule is CCC(C(N)=S)N1CCN(S(=O)(=O)C2CCCC2)CC1. The third-order valence-electron chi connectivity index (χ3n) is 4.51. The third kappa shape index (κ3) is 3.32. The second-order valence-electron chi connectivity index (χ2n) is 5.71. The van der Waals surface area contributed by atoms with E-state index in [-0.39, 0.29) is 11.3 Å². The highest BCUT2D eigenvalue weighted by Gasteiger charge is 2.36. The Kier molecular flexibility index (Phi) is 5.39. The molecule has 0 amide bonds. The van der Waals surface area contributed by atoms with Gasteiger partial charge < -0.3 is 5.73 Å². The minimum atomic E-state index is -3.10. The van der Waals surface area contributed by atoms with Crippen LogP contribution in [0.4, 0.5) is 0 Å². The molecule has 2 fully saturated rings. The third-order valence-corrected chi connectivity index (χ3v) is 7.18. The van der Waals surface area contributed by atoms with Crippen molar-refractivity contribution in [2.75, 3.05) is 26.2 Å². The van der Waals surface area contributed by atoms with Crippen molar-refractivity contribution in [2.45, 2.75) is 50.3 Å². The number of nitrogens with zero attached hydrogens (tertiary/aromatic N) is 2. The van der Waals surface area contributed by atoms with Crippen LogP contribution in [0.25, 0.3) is 0 Å². The van der Waals surface area contributed by atoms with Crippen LogP contribution in [0.1, 0.15) is 39.0 Å². The Morgan fingerprint density at radius 1 is 1.25 bits per heavy atom. The molecule has 2 aliphatic rings. The Morgan fingerprint density at radius 2 is 1.80 bits per heavy atom. The lowest BCUT2D eigenvalue weighted by Gasteiger charge is -2.38. The van der Waals surface area contributed by atoms with Crippen molar-refractivity contribution < 1.29 is 8.42 Å². The molecule has 0 bridgehead atoms. The van der Waals surface area contributed by atoms with E-state index >= 15 is 0 Å². The molecule has 1 atom stereocenters. The molecule has 1 aliphatic heterocycles. The van der Waals surface area contributed by atoms with E-state index in [1.165, 1.54) is 0 Å². The maximum Gasteiger partial charge on any atom is 0.217 e. The summed E-state index contributed by atoms with van der Waals surface area (Å²) in [4.78, 5) is 2.72. The molecule has 2 N–H and O–H groups in total. The molecule has 7 heteroatoms. The predicted octanol–water partition coefficient (Wildman–Crippen LogP) is 0.941. The summed E-state index contributed by atoms with van der Waals surface area (Å²) in [6.07, 6.45) is 4.62. The fourth-order valence-electron chi connectivity index (χ4n) is 3.31. The first-order chi connectivity index (χ1) is 9.46. The second kappa shape index (κ2) is 6.68. The molecule has 116 valence electrons. The largest absolute Gasteiger partial charge is 0.392 e. The maximum atomic E-state index is 12.5. The molecular weight excluding hydrogens is 294 g/mol. The lowest BCUT2D eigenvalue weighted by Crippen LogP contribution is -2.55. The molecule has 0 radical (unpaired) electrons. The Balaban J connectivity index is 1.95. The van der Waals surface area contributed by atoms with E-state index in [1.54, 1.807) is 4.31 Å². The summed E-state index contributed by atoms with van der Waals surface area (Å²) in [7, 11) is -3.10. The second-order valence-corrected chi connectivity index (χ2v) is 8.40. The highest BCUT2D eigenvalue weighted by molar-refractivity contribution is 7.89. The van der Waals surface area contributed by atoms with Gasteiger partial charge in [-0.05, 0) is 19.3 Å². The van der Waals surface area contributed by atoms with Gasteiger partial charge in [-0.25, -0.2) is 8.42 Å². The molecule has 1 saturated heterocycles. The van der Waals surface area contributed by atoms with Gasteiger partial charge in [0.25, 0.3) is 0 Å². The first-order valence-corrected chi connectivity index (χ1v) is 9.40. The zero-order chi connectivity index (χ0) is 14.8. The topological polar surface area (TPSA) is 66.6 Å². The van der Waals surface area contributed by atoms with Crippen molar-refractivity contribution in [1.82, 2.24) is 9.21 Å². The highest BCUT2D eigenvalue weighted by atomic mass is 32.2. The van der Waals surface area contributed by atoms with Gasteiger partial charge in [0, 0.05) is 26.2 Å². The molecule has 20 heavy (non-hydrogen) atoms. The summed E-state index contributed by atoms with van der Waals surface area (Å²) >= 11 is 5.09. The van der Waals surface area contributed by atoms with Crippen molar-refractivity contribution in [3.63, 3.8) is 0 Å². The van der Waals surface area contributed by atoms with E-state index in [0.29, 0.717) is 18.1 Å². The van der Waals surface area contributed by atoms with Crippen LogP contribution in [-0.2, 0) is 10.0 Å². The number of piperazine rings is 1. The summed E-state index contributed by atoms with van der Waals surface area (Å²) < 4.78 is 26.7. The lowest BCUT2D eigenvalue weighted by atomic mass is 10.1. The van der Waals surface area contributed by atoms with Crippen LogP contribution in [0.3, 0.4) is 0 Å². The molecule has 1 saturated carbocycles. The van der Waals surface area contributed by atoms with Gasteiger partial charge >= 0.3 is 0 Å². The Morgan fingerprint density at radius 3 is 2.25 bits per heavy atom. The number of rotatable bonds is 5. The van der Waals surface area contributed by atoms with E-state index in [2.05, 4.69) is 11.8 Å². The van der Waals surface area contributed by atoms with Crippen LogP contribution in [0.15, 0.2) is 0 Å². The number of hydrogen-bond acceptors (Lipinski definition) is 4. The first-order valence-electron chi connectivity index (χ1n) is 7.49. The van der Waals surface area contributed by atoms with E-state index in [1.807, 2.05) is 0 Å². The molecule has 1 unspecified atom stereocenters. The quantitative estimate of drug-likeness (QED) is 0.764. The number of sulfonamides is 1. The van der Waals surface area contributed by atoms with Crippen molar-refractivity contribution in [2.24, 2.45) is 5.73 Å². The molecule has 0 aromatic heterocycles. The molecule has 2 rings (SSSR count). The van der Waals surface area contributed by atoms with Crippen molar-refractivity contribution in [3.05, 3.63) is 0 Å². The van der Waals surface area contributed by atoms with Crippen LogP contribution in [-0.4, -0.2) is 60.1 Å². The van der Waals surface area contributed by atoms with Crippen LogP contribution in [0, 0.1) is 0 Å². The molecule has 0 aromatic carbocycles. The van der Waals surface area contributed by atoms with Crippen LogP contribution >= 0.6 is 12.2 Å². The van der Waals surface area contributed by atoms with Gasteiger partial charge in [0.1, 0.15) is 0 Å². The normalized spacial score (nSPS) is 24.9. The predicted molar refractivity (Wildman–Crippen MR) is 85.2 cm³/mol. The Bertz CT molecular complexity index is 439. The molecule has 0 spiro atoms. The van der Waals surface area contributed by atoms with E-state index in [0.717, 1.165) is 45.2 Å². The monoisotopic (exact) mass is 319 g/mol. The average Bonchev–Trinajstić information content (AvgIpc) is 2.94. The zero-order valence-electron chi connectivity index (χ0n) is 12.1. The van der Waals surface area contributed by atoms with Crippen molar-refractivity contribution >= 4 is 27.2 Å². The lowest BCUT2D eigenvalue weighted by molar-refractivity contribution is 0.164. The van der Waals surface area contributed by atoms with Crippen LogP contribution in [0.5, 0.6) is 0 Å². The average molecular weight is 319 g/mol. The number of thiocarbonyl (C=S) groups is 1. The fourth-order valence-corrected chi connectivity index (χ4v) is 5.64. The maximum absolute atomic E-state index is 12.5. The van der Waals surface area contributed by atoms with Crippen molar-refractivity contribution in [1.29, 1.82) is 0 Å². The van der Waals surface area contributed by atoms with Crippen LogP contribution < -0.4 is 5.73 Å². The summed E-state index contributed by atoms with van der Waals surface area (Å²) in [5.74, 6) is 0. The summed E-state index contributed by atoms with van der Waals surface area (Å²) in [5, 5.41) is -0.147. The molecular formula is C13H25N3O2S2.